The molecule has 0 amide bonds. The van der Waals surface area contributed by atoms with Gasteiger partial charge in [0.15, 0.2) is 0 Å². The van der Waals surface area contributed by atoms with Gasteiger partial charge in [-0.1, -0.05) is 18.2 Å². The molecule has 3 nitrogen and oxygen atoms in total. The minimum atomic E-state index is -0.879. The molecule has 1 aromatic heterocycles. The first kappa shape index (κ1) is 12.2. The van der Waals surface area contributed by atoms with Crippen molar-refractivity contribution >= 4 is 5.97 Å². The number of rotatable bonds is 3. The standard InChI is InChI=1S/C14H12FNO2/c1-9-12(15)5-6-13(16-9)11-4-2-3-10(7-11)8-14(17)18/h2-7H,8H2,1H3,(H,17,18). The van der Waals surface area contributed by atoms with Crippen LogP contribution in [0.4, 0.5) is 4.39 Å². The Morgan fingerprint density at radius 1 is 1.33 bits per heavy atom. The van der Waals surface area contributed by atoms with Gasteiger partial charge in [0.05, 0.1) is 17.8 Å². The summed E-state index contributed by atoms with van der Waals surface area (Å²) >= 11 is 0. The molecule has 0 saturated heterocycles. The van der Waals surface area contributed by atoms with Gasteiger partial charge in [-0.25, -0.2) is 4.39 Å². The highest BCUT2D eigenvalue weighted by Gasteiger charge is 2.06. The van der Waals surface area contributed by atoms with Crippen LogP contribution in [0.5, 0.6) is 0 Å². The SMILES string of the molecule is Cc1nc(-c2cccc(CC(=O)O)c2)ccc1F. The summed E-state index contributed by atoms with van der Waals surface area (Å²) in [5.41, 5.74) is 2.46. The van der Waals surface area contributed by atoms with E-state index in [1.165, 1.54) is 6.07 Å². The fraction of sp³-hybridized carbons (Fsp3) is 0.143. The number of benzene rings is 1. The van der Waals surface area contributed by atoms with Crippen LogP contribution in [0.1, 0.15) is 11.3 Å². The molecular weight excluding hydrogens is 233 g/mol. The number of halogens is 1. The number of aryl methyl sites for hydroxylation is 1. The average Bonchev–Trinajstić information content (AvgIpc) is 2.32. The second-order valence-electron chi connectivity index (χ2n) is 4.03. The molecule has 2 rings (SSSR count). The summed E-state index contributed by atoms with van der Waals surface area (Å²) in [5, 5.41) is 8.74. The van der Waals surface area contributed by atoms with E-state index in [1.807, 2.05) is 6.07 Å². The van der Waals surface area contributed by atoms with Crippen molar-refractivity contribution in [1.82, 2.24) is 4.98 Å². The number of aliphatic carboxylic acids is 1. The summed E-state index contributed by atoms with van der Waals surface area (Å²) in [6.45, 7) is 1.60. The molecule has 1 N–H and O–H groups in total. The highest BCUT2D eigenvalue weighted by atomic mass is 19.1. The van der Waals surface area contributed by atoms with Crippen LogP contribution in [0.15, 0.2) is 36.4 Å². The number of carbonyl (C=O) groups is 1. The predicted molar refractivity (Wildman–Crippen MR) is 65.7 cm³/mol. The topological polar surface area (TPSA) is 50.2 Å². The van der Waals surface area contributed by atoms with Crippen LogP contribution in [0.3, 0.4) is 0 Å². The first-order valence-electron chi connectivity index (χ1n) is 5.50. The zero-order valence-corrected chi connectivity index (χ0v) is 9.85. The monoisotopic (exact) mass is 245 g/mol. The lowest BCUT2D eigenvalue weighted by Crippen LogP contribution is -2.00. The third kappa shape index (κ3) is 2.71. The van der Waals surface area contributed by atoms with Gasteiger partial charge in [-0.15, -0.1) is 0 Å². The van der Waals surface area contributed by atoms with Crippen LogP contribution in [-0.2, 0) is 11.2 Å². The number of nitrogens with zero attached hydrogens (tertiary/aromatic N) is 1. The van der Waals surface area contributed by atoms with E-state index in [9.17, 15) is 9.18 Å². The summed E-state index contributed by atoms with van der Waals surface area (Å²) < 4.78 is 13.1. The molecule has 0 unspecified atom stereocenters. The number of pyridine rings is 1. The van der Waals surface area contributed by atoms with Crippen molar-refractivity contribution in [3.63, 3.8) is 0 Å². The Labute approximate surface area is 104 Å². The van der Waals surface area contributed by atoms with Gasteiger partial charge in [0.25, 0.3) is 0 Å². The van der Waals surface area contributed by atoms with Crippen LogP contribution in [0.2, 0.25) is 0 Å². The van der Waals surface area contributed by atoms with Gasteiger partial charge >= 0.3 is 5.97 Å². The molecule has 0 atom stereocenters. The molecule has 0 aliphatic rings. The molecule has 18 heavy (non-hydrogen) atoms. The van der Waals surface area contributed by atoms with E-state index in [4.69, 9.17) is 5.11 Å². The van der Waals surface area contributed by atoms with Gasteiger partial charge in [-0.05, 0) is 30.7 Å². The fourth-order valence-electron chi connectivity index (χ4n) is 1.72. The van der Waals surface area contributed by atoms with Crippen molar-refractivity contribution in [2.45, 2.75) is 13.3 Å². The Morgan fingerprint density at radius 3 is 2.78 bits per heavy atom. The van der Waals surface area contributed by atoms with Crippen LogP contribution in [0, 0.1) is 12.7 Å². The molecule has 0 spiro atoms. The molecule has 0 bridgehead atoms. The molecule has 0 fully saturated rings. The first-order chi connectivity index (χ1) is 8.56. The second-order valence-corrected chi connectivity index (χ2v) is 4.03. The van der Waals surface area contributed by atoms with E-state index in [1.54, 1.807) is 31.2 Å². The molecule has 1 heterocycles. The highest BCUT2D eigenvalue weighted by Crippen LogP contribution is 2.20. The van der Waals surface area contributed by atoms with Crippen molar-refractivity contribution in [2.24, 2.45) is 0 Å². The minimum Gasteiger partial charge on any atom is -0.481 e. The van der Waals surface area contributed by atoms with E-state index in [0.29, 0.717) is 17.0 Å². The number of hydrogen-bond acceptors (Lipinski definition) is 2. The maximum absolute atomic E-state index is 13.1. The van der Waals surface area contributed by atoms with E-state index < -0.39 is 5.97 Å². The van der Waals surface area contributed by atoms with Gasteiger partial charge in [0.1, 0.15) is 5.82 Å². The predicted octanol–water partition coefficient (Wildman–Crippen LogP) is 2.82. The molecule has 2 aromatic rings. The summed E-state index contributed by atoms with van der Waals surface area (Å²) in [4.78, 5) is 14.8. The van der Waals surface area contributed by atoms with Crippen molar-refractivity contribution in [3.05, 3.63) is 53.5 Å². The van der Waals surface area contributed by atoms with Gasteiger partial charge in [-0.3, -0.25) is 9.78 Å². The lowest BCUT2D eigenvalue weighted by Gasteiger charge is -2.05. The maximum atomic E-state index is 13.1. The number of carboxylic acid groups (broad SMARTS) is 1. The van der Waals surface area contributed by atoms with Crippen molar-refractivity contribution in [2.75, 3.05) is 0 Å². The molecule has 4 heteroatoms. The zero-order valence-electron chi connectivity index (χ0n) is 9.85. The van der Waals surface area contributed by atoms with Crippen LogP contribution in [0.25, 0.3) is 11.3 Å². The van der Waals surface area contributed by atoms with Crippen LogP contribution >= 0.6 is 0 Å². The Kier molecular flexibility index (Phi) is 3.37. The highest BCUT2D eigenvalue weighted by molar-refractivity contribution is 5.71. The quantitative estimate of drug-likeness (QED) is 0.904. The normalized spacial score (nSPS) is 10.3. The molecule has 1 aromatic carbocycles. The largest absolute Gasteiger partial charge is 0.481 e. The molecule has 0 radical (unpaired) electrons. The lowest BCUT2D eigenvalue weighted by atomic mass is 10.1. The van der Waals surface area contributed by atoms with Gasteiger partial charge in [0, 0.05) is 5.56 Å². The summed E-state index contributed by atoms with van der Waals surface area (Å²) in [7, 11) is 0. The molecule has 92 valence electrons. The van der Waals surface area contributed by atoms with Gasteiger partial charge < -0.3 is 5.11 Å². The Balaban J connectivity index is 2.38. The minimum absolute atomic E-state index is 0.0337. The number of hydrogen-bond donors (Lipinski definition) is 1. The first-order valence-corrected chi connectivity index (χ1v) is 5.50. The Morgan fingerprint density at radius 2 is 2.11 bits per heavy atom. The second kappa shape index (κ2) is 4.96. The lowest BCUT2D eigenvalue weighted by molar-refractivity contribution is -0.136. The van der Waals surface area contributed by atoms with Crippen LogP contribution in [-0.4, -0.2) is 16.1 Å². The van der Waals surface area contributed by atoms with E-state index >= 15 is 0 Å². The van der Waals surface area contributed by atoms with Gasteiger partial charge in [-0.2, -0.15) is 0 Å². The summed E-state index contributed by atoms with van der Waals surface area (Å²) in [5.74, 6) is -1.23. The molecule has 0 aliphatic carbocycles. The molecule has 0 saturated carbocycles. The van der Waals surface area contributed by atoms with Crippen molar-refractivity contribution in [1.29, 1.82) is 0 Å². The zero-order chi connectivity index (χ0) is 13.1. The summed E-state index contributed by atoms with van der Waals surface area (Å²) in [6.07, 6.45) is -0.0337. The van der Waals surface area contributed by atoms with Crippen molar-refractivity contribution in [3.8, 4) is 11.3 Å². The third-order valence-corrected chi connectivity index (χ3v) is 2.60. The molecule has 0 aliphatic heterocycles. The van der Waals surface area contributed by atoms with E-state index in [2.05, 4.69) is 4.98 Å². The fourth-order valence-corrected chi connectivity index (χ4v) is 1.72. The summed E-state index contributed by atoms with van der Waals surface area (Å²) in [6, 6.07) is 10.0. The number of aromatic nitrogens is 1. The Hall–Kier alpha value is -2.23. The smallest absolute Gasteiger partial charge is 0.307 e. The third-order valence-electron chi connectivity index (χ3n) is 2.60. The van der Waals surface area contributed by atoms with E-state index in [0.717, 1.165) is 5.56 Å². The van der Waals surface area contributed by atoms with E-state index in [-0.39, 0.29) is 12.2 Å². The number of carboxylic acids is 1. The molecular formula is C14H12FNO2. The van der Waals surface area contributed by atoms with Gasteiger partial charge in [0.2, 0.25) is 0 Å². The van der Waals surface area contributed by atoms with Crippen LogP contribution < -0.4 is 0 Å². The Bertz CT molecular complexity index is 596. The maximum Gasteiger partial charge on any atom is 0.307 e. The van der Waals surface area contributed by atoms with Crippen molar-refractivity contribution < 1.29 is 14.3 Å². The average molecular weight is 245 g/mol.